The molecule has 5 rings (SSSR count). The number of fused-ring (bicyclic) bond motifs is 1. The molecule has 3 aromatic heterocycles. The molecule has 1 aromatic carbocycles. The van der Waals surface area contributed by atoms with Crippen LogP contribution in [0.5, 0.6) is 0 Å². The third kappa shape index (κ3) is 4.31. The van der Waals surface area contributed by atoms with Crippen LogP contribution in [-0.2, 0) is 7.05 Å². The summed E-state index contributed by atoms with van der Waals surface area (Å²) in [6.45, 7) is 0. The lowest BCUT2D eigenvalue weighted by Gasteiger charge is -2.15. The average molecular weight is 463 g/mol. The number of hydrogen-bond donors (Lipinski definition) is 3. The first-order valence-corrected chi connectivity index (χ1v) is 11.2. The van der Waals surface area contributed by atoms with Crippen LogP contribution >= 0.6 is 11.6 Å². The van der Waals surface area contributed by atoms with E-state index in [0.717, 1.165) is 31.1 Å². The van der Waals surface area contributed by atoms with Crippen LogP contribution in [0.2, 0.25) is 5.02 Å². The SMILES string of the molecule is Cn1ccc(-c2nc(N)c(NC(=O)NC3CCCC3)nc2-c2cc(Cl)c3ncccc3c2)n1. The number of nitrogens with two attached hydrogens (primary N) is 1. The molecule has 0 spiro atoms. The van der Waals surface area contributed by atoms with Gasteiger partial charge in [0.15, 0.2) is 11.6 Å². The summed E-state index contributed by atoms with van der Waals surface area (Å²) in [4.78, 5) is 26.2. The van der Waals surface area contributed by atoms with Crippen LogP contribution in [0.4, 0.5) is 16.4 Å². The van der Waals surface area contributed by atoms with Crippen molar-refractivity contribution in [2.45, 2.75) is 31.7 Å². The van der Waals surface area contributed by atoms with Crippen LogP contribution in [0.1, 0.15) is 25.7 Å². The molecule has 0 atom stereocenters. The van der Waals surface area contributed by atoms with E-state index in [0.29, 0.717) is 33.2 Å². The number of carbonyl (C=O) groups is 1. The highest BCUT2D eigenvalue weighted by Crippen LogP contribution is 2.35. The Labute approximate surface area is 195 Å². The summed E-state index contributed by atoms with van der Waals surface area (Å²) in [5, 5.41) is 11.6. The number of nitrogens with one attached hydrogen (secondary N) is 2. The Morgan fingerprint density at radius 3 is 2.76 bits per heavy atom. The summed E-state index contributed by atoms with van der Waals surface area (Å²) in [6, 6.07) is 9.14. The molecule has 3 heterocycles. The molecule has 9 nitrogen and oxygen atoms in total. The van der Waals surface area contributed by atoms with Crippen molar-refractivity contribution >= 4 is 40.2 Å². The lowest BCUT2D eigenvalue weighted by atomic mass is 10.0. The molecule has 1 aliphatic carbocycles. The summed E-state index contributed by atoms with van der Waals surface area (Å²) in [7, 11) is 1.82. The lowest BCUT2D eigenvalue weighted by molar-refractivity contribution is 0.248. The van der Waals surface area contributed by atoms with Gasteiger partial charge in [0.25, 0.3) is 0 Å². The highest BCUT2D eigenvalue weighted by atomic mass is 35.5. The Kier molecular flexibility index (Phi) is 5.55. The molecule has 0 bridgehead atoms. The fourth-order valence-electron chi connectivity index (χ4n) is 4.15. The zero-order valence-corrected chi connectivity index (χ0v) is 18.8. The summed E-state index contributed by atoms with van der Waals surface area (Å²) in [6.07, 6.45) is 7.70. The minimum atomic E-state index is -0.347. The smallest absolute Gasteiger partial charge is 0.320 e. The van der Waals surface area contributed by atoms with Crippen LogP contribution < -0.4 is 16.4 Å². The van der Waals surface area contributed by atoms with E-state index in [9.17, 15) is 4.79 Å². The van der Waals surface area contributed by atoms with Crippen molar-refractivity contribution < 1.29 is 4.79 Å². The maximum atomic E-state index is 12.6. The minimum absolute atomic E-state index is 0.106. The van der Waals surface area contributed by atoms with Gasteiger partial charge in [-0.15, -0.1) is 0 Å². The highest BCUT2D eigenvalue weighted by Gasteiger charge is 2.21. The molecule has 0 saturated heterocycles. The molecule has 1 fully saturated rings. The number of pyridine rings is 1. The van der Waals surface area contributed by atoms with E-state index >= 15 is 0 Å². The average Bonchev–Trinajstić information content (AvgIpc) is 3.46. The highest BCUT2D eigenvalue weighted by molar-refractivity contribution is 6.35. The quantitative estimate of drug-likeness (QED) is 0.413. The number of benzene rings is 1. The van der Waals surface area contributed by atoms with Crippen molar-refractivity contribution in [3.63, 3.8) is 0 Å². The van der Waals surface area contributed by atoms with E-state index < -0.39 is 0 Å². The molecule has 2 amide bonds. The van der Waals surface area contributed by atoms with E-state index in [1.165, 1.54) is 0 Å². The molecule has 0 unspecified atom stereocenters. The number of rotatable bonds is 4. The Morgan fingerprint density at radius 1 is 1.18 bits per heavy atom. The Hall–Kier alpha value is -3.72. The van der Waals surface area contributed by atoms with Gasteiger partial charge in [0, 0.05) is 36.4 Å². The third-order valence-corrected chi connectivity index (χ3v) is 6.02. The Balaban J connectivity index is 1.59. The number of aryl methyl sites for hydroxylation is 1. The van der Waals surface area contributed by atoms with Crippen LogP contribution in [0.25, 0.3) is 33.5 Å². The molecule has 10 heteroatoms. The first kappa shape index (κ1) is 21.1. The van der Waals surface area contributed by atoms with Crippen molar-refractivity contribution in [2.24, 2.45) is 7.05 Å². The van der Waals surface area contributed by atoms with Crippen LogP contribution in [-0.4, -0.2) is 36.8 Å². The molecule has 33 heavy (non-hydrogen) atoms. The molecule has 0 radical (unpaired) electrons. The molecule has 0 aliphatic heterocycles. The first-order chi connectivity index (χ1) is 16.0. The van der Waals surface area contributed by atoms with Crippen molar-refractivity contribution in [1.82, 2.24) is 30.0 Å². The topological polar surface area (TPSA) is 124 Å². The number of anilines is 2. The van der Waals surface area contributed by atoms with E-state index in [1.54, 1.807) is 16.9 Å². The minimum Gasteiger partial charge on any atom is -0.381 e. The maximum Gasteiger partial charge on any atom is 0.320 e. The van der Waals surface area contributed by atoms with E-state index in [1.807, 2.05) is 37.5 Å². The van der Waals surface area contributed by atoms with Gasteiger partial charge in [-0.3, -0.25) is 15.0 Å². The van der Waals surface area contributed by atoms with Gasteiger partial charge in [-0.1, -0.05) is 30.5 Å². The number of hydrogen-bond acceptors (Lipinski definition) is 6. The van der Waals surface area contributed by atoms with E-state index in [2.05, 4.69) is 25.7 Å². The summed E-state index contributed by atoms with van der Waals surface area (Å²) in [5.41, 5.74) is 9.22. The number of halogens is 1. The number of carbonyl (C=O) groups excluding carboxylic acids is 1. The largest absolute Gasteiger partial charge is 0.381 e. The summed E-state index contributed by atoms with van der Waals surface area (Å²) >= 11 is 6.53. The fraction of sp³-hybridized carbons (Fsp3) is 0.261. The van der Waals surface area contributed by atoms with Gasteiger partial charge in [0.1, 0.15) is 17.1 Å². The van der Waals surface area contributed by atoms with Crippen molar-refractivity contribution in [1.29, 1.82) is 0 Å². The molecule has 1 saturated carbocycles. The summed E-state index contributed by atoms with van der Waals surface area (Å²) in [5.74, 6) is 0.289. The van der Waals surface area contributed by atoms with E-state index in [-0.39, 0.29) is 23.7 Å². The Bertz CT molecular complexity index is 1350. The molecule has 4 aromatic rings. The Morgan fingerprint density at radius 2 is 2.00 bits per heavy atom. The number of aromatic nitrogens is 5. The lowest BCUT2D eigenvalue weighted by Crippen LogP contribution is -2.36. The number of urea groups is 1. The molecular formula is C23H23ClN8O. The first-order valence-electron chi connectivity index (χ1n) is 10.8. The van der Waals surface area contributed by atoms with Gasteiger partial charge in [0.05, 0.1) is 10.5 Å². The van der Waals surface area contributed by atoms with Crippen LogP contribution in [0.3, 0.4) is 0 Å². The van der Waals surface area contributed by atoms with Crippen LogP contribution in [0.15, 0.2) is 42.7 Å². The fourth-order valence-corrected chi connectivity index (χ4v) is 4.42. The second-order valence-electron chi connectivity index (χ2n) is 8.14. The van der Waals surface area contributed by atoms with Crippen molar-refractivity contribution in [3.8, 4) is 22.6 Å². The van der Waals surface area contributed by atoms with Crippen molar-refractivity contribution in [2.75, 3.05) is 11.1 Å². The second kappa shape index (κ2) is 8.67. The van der Waals surface area contributed by atoms with Gasteiger partial charge >= 0.3 is 6.03 Å². The third-order valence-electron chi connectivity index (χ3n) is 5.73. The second-order valence-corrected chi connectivity index (χ2v) is 8.55. The predicted octanol–water partition coefficient (Wildman–Crippen LogP) is 4.39. The maximum absolute atomic E-state index is 12.6. The van der Waals surface area contributed by atoms with E-state index in [4.69, 9.17) is 22.3 Å². The normalized spacial score (nSPS) is 14.0. The van der Waals surface area contributed by atoms with Crippen molar-refractivity contribution in [3.05, 3.63) is 47.7 Å². The zero-order valence-electron chi connectivity index (χ0n) is 18.0. The monoisotopic (exact) mass is 462 g/mol. The summed E-state index contributed by atoms with van der Waals surface area (Å²) < 4.78 is 1.68. The standard InChI is InChI=1S/C23H23ClN8O/c1-32-10-8-17(31-32)20-19(14-11-13-5-4-9-26-18(13)16(24)12-14)29-22(21(25)28-20)30-23(33)27-15-6-2-3-7-15/h4-5,8-12,15H,2-3,6-7H2,1H3,(H2,25,28)(H2,27,29,30,33). The molecule has 1 aliphatic rings. The van der Waals surface area contributed by atoms with Gasteiger partial charge in [0.2, 0.25) is 0 Å². The predicted molar refractivity (Wildman–Crippen MR) is 129 cm³/mol. The van der Waals surface area contributed by atoms with Gasteiger partial charge in [-0.05, 0) is 37.1 Å². The zero-order chi connectivity index (χ0) is 22.9. The van der Waals surface area contributed by atoms with Gasteiger partial charge < -0.3 is 11.1 Å². The molecular weight excluding hydrogens is 440 g/mol. The molecule has 168 valence electrons. The van der Waals surface area contributed by atoms with Crippen LogP contribution in [0, 0.1) is 0 Å². The van der Waals surface area contributed by atoms with Gasteiger partial charge in [-0.2, -0.15) is 5.10 Å². The molecule has 4 N–H and O–H groups in total. The van der Waals surface area contributed by atoms with Gasteiger partial charge in [-0.25, -0.2) is 14.8 Å². The number of amides is 2. The number of nitrogen functional groups attached to an aromatic ring is 1. The number of nitrogens with zero attached hydrogens (tertiary/aromatic N) is 5.